The highest BCUT2D eigenvalue weighted by atomic mass is 14.8. The fourth-order valence-corrected chi connectivity index (χ4v) is 1.07. The lowest BCUT2D eigenvalue weighted by Gasteiger charge is -2.16. The molecule has 1 aromatic heterocycles. The van der Waals surface area contributed by atoms with Crippen LogP contribution in [0.15, 0.2) is 18.3 Å². The van der Waals surface area contributed by atoms with E-state index in [4.69, 9.17) is 11.5 Å². The van der Waals surface area contributed by atoms with Crippen molar-refractivity contribution < 1.29 is 0 Å². The van der Waals surface area contributed by atoms with Crippen molar-refractivity contribution in [3.63, 3.8) is 0 Å². The summed E-state index contributed by atoms with van der Waals surface area (Å²) in [6.45, 7) is 4.13. The fourth-order valence-electron chi connectivity index (χ4n) is 1.07. The maximum absolute atomic E-state index is 5.92. The van der Waals surface area contributed by atoms with E-state index >= 15 is 0 Å². The van der Waals surface area contributed by atoms with E-state index in [0.717, 1.165) is 5.56 Å². The molecule has 0 aliphatic heterocycles. The van der Waals surface area contributed by atoms with Gasteiger partial charge in [0.25, 0.3) is 0 Å². The minimum Gasteiger partial charge on any atom is -0.383 e. The molecule has 0 spiro atoms. The molecule has 0 aliphatic rings. The number of aromatic nitrogens is 1. The Bertz CT molecular complexity index is 258. The zero-order valence-electron chi connectivity index (χ0n) is 7.49. The second-order valence-corrected chi connectivity index (χ2v) is 3.25. The van der Waals surface area contributed by atoms with E-state index < -0.39 is 0 Å². The number of hydrogen-bond donors (Lipinski definition) is 2. The topological polar surface area (TPSA) is 64.9 Å². The highest BCUT2D eigenvalue weighted by Gasteiger charge is 2.12. The number of pyridine rings is 1. The molecule has 1 atom stereocenters. The van der Waals surface area contributed by atoms with Gasteiger partial charge in [0.15, 0.2) is 0 Å². The Labute approximate surface area is 72.8 Å². The van der Waals surface area contributed by atoms with Gasteiger partial charge >= 0.3 is 0 Å². The van der Waals surface area contributed by atoms with Crippen LogP contribution in [0.4, 0.5) is 5.82 Å². The third-order valence-electron chi connectivity index (χ3n) is 1.95. The van der Waals surface area contributed by atoms with E-state index in [1.807, 2.05) is 12.1 Å². The first-order chi connectivity index (χ1) is 5.63. The van der Waals surface area contributed by atoms with Crippen molar-refractivity contribution in [2.45, 2.75) is 19.9 Å². The van der Waals surface area contributed by atoms with Gasteiger partial charge in [-0.3, -0.25) is 0 Å². The van der Waals surface area contributed by atoms with Crippen molar-refractivity contribution in [3.8, 4) is 0 Å². The summed E-state index contributed by atoms with van der Waals surface area (Å²) >= 11 is 0. The summed E-state index contributed by atoms with van der Waals surface area (Å²) in [6.07, 6.45) is 1.67. The summed E-state index contributed by atoms with van der Waals surface area (Å²) in [4.78, 5) is 3.98. The van der Waals surface area contributed by atoms with Crippen molar-refractivity contribution >= 4 is 5.82 Å². The maximum atomic E-state index is 5.92. The molecular weight excluding hydrogens is 150 g/mol. The van der Waals surface area contributed by atoms with Gasteiger partial charge in [-0.15, -0.1) is 0 Å². The third-order valence-corrected chi connectivity index (χ3v) is 1.95. The minimum absolute atomic E-state index is 0.0151. The van der Waals surface area contributed by atoms with Crippen LogP contribution in [0, 0.1) is 5.92 Å². The van der Waals surface area contributed by atoms with Crippen molar-refractivity contribution in [2.24, 2.45) is 11.7 Å². The number of nitrogens with zero attached hydrogens (tertiary/aromatic N) is 1. The third kappa shape index (κ3) is 1.74. The van der Waals surface area contributed by atoms with E-state index in [1.165, 1.54) is 0 Å². The van der Waals surface area contributed by atoms with Gasteiger partial charge in [0, 0.05) is 17.8 Å². The standard InChI is InChI=1S/C9H15N3/c1-6(2)8(10)7-4-3-5-12-9(7)11/h3-6,8H,10H2,1-2H3,(H2,11,12)/t8-/m0/s1. The molecule has 12 heavy (non-hydrogen) atoms. The van der Waals surface area contributed by atoms with Crippen LogP contribution in [0.3, 0.4) is 0 Å². The number of nitrogens with two attached hydrogens (primary N) is 2. The van der Waals surface area contributed by atoms with Crippen LogP contribution in [0.5, 0.6) is 0 Å². The summed E-state index contributed by atoms with van der Waals surface area (Å²) in [7, 11) is 0. The maximum Gasteiger partial charge on any atom is 0.128 e. The molecule has 0 amide bonds. The lowest BCUT2D eigenvalue weighted by molar-refractivity contribution is 0.514. The first kappa shape index (κ1) is 9.00. The van der Waals surface area contributed by atoms with E-state index in [-0.39, 0.29) is 6.04 Å². The second-order valence-electron chi connectivity index (χ2n) is 3.25. The fraction of sp³-hybridized carbons (Fsp3) is 0.444. The molecule has 1 aromatic rings. The normalized spacial score (nSPS) is 13.3. The molecule has 0 aliphatic carbocycles. The zero-order valence-corrected chi connectivity index (χ0v) is 7.49. The van der Waals surface area contributed by atoms with E-state index in [0.29, 0.717) is 11.7 Å². The van der Waals surface area contributed by atoms with Crippen LogP contribution >= 0.6 is 0 Å². The van der Waals surface area contributed by atoms with Crippen LogP contribution in [0.2, 0.25) is 0 Å². The van der Waals surface area contributed by atoms with Crippen LogP contribution in [-0.2, 0) is 0 Å². The molecule has 1 rings (SSSR count). The van der Waals surface area contributed by atoms with E-state index in [1.54, 1.807) is 6.20 Å². The molecule has 0 fully saturated rings. The predicted octanol–water partition coefficient (Wildman–Crippen LogP) is 1.32. The molecule has 0 saturated heterocycles. The molecular formula is C9H15N3. The minimum atomic E-state index is -0.0151. The molecule has 0 radical (unpaired) electrons. The zero-order chi connectivity index (χ0) is 9.14. The van der Waals surface area contributed by atoms with Crippen molar-refractivity contribution in [1.29, 1.82) is 0 Å². The lowest BCUT2D eigenvalue weighted by Crippen LogP contribution is -2.18. The quantitative estimate of drug-likeness (QED) is 0.694. The molecule has 0 unspecified atom stereocenters. The smallest absolute Gasteiger partial charge is 0.128 e. The Morgan fingerprint density at radius 2 is 2.08 bits per heavy atom. The molecule has 3 nitrogen and oxygen atoms in total. The van der Waals surface area contributed by atoms with Gasteiger partial charge < -0.3 is 11.5 Å². The van der Waals surface area contributed by atoms with Gasteiger partial charge in [-0.05, 0) is 12.0 Å². The van der Waals surface area contributed by atoms with Crippen molar-refractivity contribution in [1.82, 2.24) is 4.98 Å². The summed E-state index contributed by atoms with van der Waals surface area (Å²) in [5.41, 5.74) is 12.5. The summed E-state index contributed by atoms with van der Waals surface area (Å²) in [6, 6.07) is 3.76. The first-order valence-corrected chi connectivity index (χ1v) is 4.09. The number of rotatable bonds is 2. The Morgan fingerprint density at radius 1 is 1.42 bits per heavy atom. The molecule has 3 heteroatoms. The number of nitrogen functional groups attached to an aromatic ring is 1. The van der Waals surface area contributed by atoms with Crippen LogP contribution in [0.25, 0.3) is 0 Å². The van der Waals surface area contributed by atoms with Gasteiger partial charge in [0.05, 0.1) is 0 Å². The molecule has 4 N–H and O–H groups in total. The molecule has 0 saturated carbocycles. The van der Waals surface area contributed by atoms with Gasteiger partial charge in [-0.2, -0.15) is 0 Å². The van der Waals surface area contributed by atoms with Crippen molar-refractivity contribution in [3.05, 3.63) is 23.9 Å². The molecule has 66 valence electrons. The molecule has 1 heterocycles. The Hall–Kier alpha value is -1.09. The van der Waals surface area contributed by atoms with Gasteiger partial charge in [-0.25, -0.2) is 4.98 Å². The molecule has 0 aromatic carbocycles. The van der Waals surface area contributed by atoms with Gasteiger partial charge in [-0.1, -0.05) is 19.9 Å². The summed E-state index contributed by atoms with van der Waals surface area (Å²) < 4.78 is 0. The number of hydrogen-bond acceptors (Lipinski definition) is 3. The van der Waals surface area contributed by atoms with Crippen LogP contribution < -0.4 is 11.5 Å². The average molecular weight is 165 g/mol. The van der Waals surface area contributed by atoms with E-state index in [9.17, 15) is 0 Å². The lowest BCUT2D eigenvalue weighted by atomic mass is 9.98. The monoisotopic (exact) mass is 165 g/mol. The Balaban J connectivity index is 2.94. The summed E-state index contributed by atoms with van der Waals surface area (Å²) in [5.74, 6) is 0.926. The van der Waals surface area contributed by atoms with Crippen LogP contribution in [0.1, 0.15) is 25.5 Å². The summed E-state index contributed by atoms with van der Waals surface area (Å²) in [5, 5.41) is 0. The SMILES string of the molecule is CC(C)[C@H](N)c1cccnc1N. The van der Waals surface area contributed by atoms with Gasteiger partial charge in [0.1, 0.15) is 5.82 Å². The largest absolute Gasteiger partial charge is 0.383 e. The Morgan fingerprint density at radius 3 is 2.58 bits per heavy atom. The predicted molar refractivity (Wildman–Crippen MR) is 50.4 cm³/mol. The van der Waals surface area contributed by atoms with Crippen LogP contribution in [-0.4, -0.2) is 4.98 Å². The first-order valence-electron chi connectivity index (χ1n) is 4.09. The number of anilines is 1. The average Bonchev–Trinajstić information content (AvgIpc) is 2.04. The second kappa shape index (κ2) is 3.54. The Kier molecular flexibility index (Phi) is 2.65. The highest BCUT2D eigenvalue weighted by molar-refractivity contribution is 5.40. The highest BCUT2D eigenvalue weighted by Crippen LogP contribution is 2.21. The van der Waals surface area contributed by atoms with Crippen molar-refractivity contribution in [2.75, 3.05) is 5.73 Å². The van der Waals surface area contributed by atoms with E-state index in [2.05, 4.69) is 18.8 Å². The van der Waals surface area contributed by atoms with Gasteiger partial charge in [0.2, 0.25) is 0 Å². The molecule has 0 bridgehead atoms.